The maximum Gasteiger partial charge on any atom is 0.0889 e. The monoisotopic (exact) mass is 443 g/mol. The molecule has 5 nitrogen and oxygen atoms in total. The number of hydrogen-bond donors (Lipinski definition) is 0. The van der Waals surface area contributed by atoms with Gasteiger partial charge in [0.05, 0.1) is 22.8 Å². The molecule has 0 atom stereocenters. The van der Waals surface area contributed by atoms with Crippen molar-refractivity contribution in [2.24, 2.45) is 0 Å². The molecule has 0 saturated carbocycles. The van der Waals surface area contributed by atoms with Crippen molar-refractivity contribution in [2.45, 2.75) is 25.7 Å². The highest BCUT2D eigenvalue weighted by atomic mass is 14.8. The van der Waals surface area contributed by atoms with Crippen molar-refractivity contribution in [3.8, 4) is 22.8 Å². The molecule has 0 fully saturated rings. The van der Waals surface area contributed by atoms with E-state index in [0.717, 1.165) is 71.2 Å². The van der Waals surface area contributed by atoms with Gasteiger partial charge in [0.15, 0.2) is 0 Å². The second-order valence-electron chi connectivity index (χ2n) is 8.08. The molecule has 0 radical (unpaired) electrons. The standard InChI is InChI=1S/C29H25N5/c1-3-20-30-26(12-1)28-14-6-10-24(33-28)18-16-22-8-5-9-23(32-22)17-19-25-11-7-15-29(34-25)27-13-2-4-21-31-27/h1-15,20-21H,16-19H2. The van der Waals surface area contributed by atoms with E-state index < -0.39 is 0 Å². The van der Waals surface area contributed by atoms with Crippen LogP contribution in [0.1, 0.15) is 22.8 Å². The van der Waals surface area contributed by atoms with Gasteiger partial charge in [0.1, 0.15) is 0 Å². The average Bonchev–Trinajstić information content (AvgIpc) is 2.92. The minimum atomic E-state index is 0.838. The fraction of sp³-hybridized carbons (Fsp3) is 0.138. The highest BCUT2D eigenvalue weighted by Gasteiger charge is 2.06. The smallest absolute Gasteiger partial charge is 0.0889 e. The Bertz CT molecular complexity index is 1250. The second-order valence-corrected chi connectivity index (χ2v) is 8.08. The van der Waals surface area contributed by atoms with Crippen molar-refractivity contribution >= 4 is 0 Å². The van der Waals surface area contributed by atoms with E-state index in [9.17, 15) is 0 Å². The van der Waals surface area contributed by atoms with Crippen LogP contribution in [0.4, 0.5) is 0 Å². The molecule has 5 heterocycles. The van der Waals surface area contributed by atoms with Gasteiger partial charge in [-0.2, -0.15) is 0 Å². The number of aromatic nitrogens is 5. The van der Waals surface area contributed by atoms with Crippen LogP contribution in [0, 0.1) is 0 Å². The van der Waals surface area contributed by atoms with Crippen LogP contribution in [-0.2, 0) is 25.7 Å². The summed E-state index contributed by atoms with van der Waals surface area (Å²) in [6, 6.07) is 30.3. The van der Waals surface area contributed by atoms with Crippen LogP contribution in [0.5, 0.6) is 0 Å². The van der Waals surface area contributed by atoms with Gasteiger partial charge in [-0.3, -0.25) is 24.9 Å². The van der Waals surface area contributed by atoms with E-state index in [1.807, 2.05) is 60.7 Å². The quantitative estimate of drug-likeness (QED) is 0.314. The summed E-state index contributed by atoms with van der Waals surface area (Å²) in [4.78, 5) is 23.3. The Morgan fingerprint density at radius 2 is 0.735 bits per heavy atom. The van der Waals surface area contributed by atoms with E-state index >= 15 is 0 Å². The molecule has 5 aromatic heterocycles. The van der Waals surface area contributed by atoms with Crippen molar-refractivity contribution in [3.63, 3.8) is 0 Å². The second kappa shape index (κ2) is 10.6. The maximum absolute atomic E-state index is 4.88. The molecular formula is C29H25N5. The van der Waals surface area contributed by atoms with Gasteiger partial charge >= 0.3 is 0 Å². The first kappa shape index (κ1) is 21.6. The van der Waals surface area contributed by atoms with E-state index in [1.165, 1.54) is 0 Å². The first-order valence-corrected chi connectivity index (χ1v) is 11.5. The van der Waals surface area contributed by atoms with Crippen LogP contribution in [0.25, 0.3) is 22.8 Å². The summed E-state index contributed by atoms with van der Waals surface area (Å²) in [6.07, 6.45) is 6.96. The Labute approximate surface area is 199 Å². The zero-order valence-electron chi connectivity index (χ0n) is 18.9. The zero-order valence-corrected chi connectivity index (χ0v) is 18.9. The third kappa shape index (κ3) is 5.56. The fourth-order valence-corrected chi connectivity index (χ4v) is 3.87. The lowest BCUT2D eigenvalue weighted by Crippen LogP contribution is -2.02. The maximum atomic E-state index is 4.88. The first-order chi connectivity index (χ1) is 16.8. The number of pyridine rings is 5. The average molecular weight is 444 g/mol. The number of hydrogen-bond acceptors (Lipinski definition) is 5. The van der Waals surface area contributed by atoms with Gasteiger partial charge in [-0.15, -0.1) is 0 Å². The van der Waals surface area contributed by atoms with Crippen molar-refractivity contribution in [1.82, 2.24) is 24.9 Å². The molecule has 0 saturated heterocycles. The normalized spacial score (nSPS) is 10.8. The highest BCUT2D eigenvalue weighted by molar-refractivity contribution is 5.54. The SMILES string of the molecule is c1ccc(-c2cccc(CCc3cccc(CCc4cccc(-c5ccccn5)n4)n3)n2)nc1. The number of aryl methyl sites for hydroxylation is 4. The highest BCUT2D eigenvalue weighted by Crippen LogP contribution is 2.16. The lowest BCUT2D eigenvalue weighted by Gasteiger charge is -2.07. The van der Waals surface area contributed by atoms with Crippen LogP contribution in [0.15, 0.2) is 103 Å². The molecule has 0 aliphatic rings. The van der Waals surface area contributed by atoms with Crippen molar-refractivity contribution in [2.75, 3.05) is 0 Å². The third-order valence-corrected chi connectivity index (χ3v) is 5.61. The summed E-state index contributed by atoms with van der Waals surface area (Å²) in [7, 11) is 0. The molecule has 0 N–H and O–H groups in total. The molecule has 34 heavy (non-hydrogen) atoms. The summed E-state index contributed by atoms with van der Waals surface area (Å²) in [5.41, 5.74) is 7.85. The van der Waals surface area contributed by atoms with Gasteiger partial charge in [-0.25, -0.2) is 0 Å². The molecule has 166 valence electrons. The molecule has 5 rings (SSSR count). The first-order valence-electron chi connectivity index (χ1n) is 11.5. The molecule has 0 aliphatic heterocycles. The molecule has 0 amide bonds. The molecule has 5 heteroatoms. The Morgan fingerprint density at radius 1 is 0.353 bits per heavy atom. The minimum Gasteiger partial charge on any atom is -0.258 e. The van der Waals surface area contributed by atoms with E-state index in [1.54, 1.807) is 12.4 Å². The van der Waals surface area contributed by atoms with Gasteiger partial charge in [0.2, 0.25) is 0 Å². The minimum absolute atomic E-state index is 0.838. The third-order valence-electron chi connectivity index (χ3n) is 5.61. The number of nitrogens with zero attached hydrogens (tertiary/aromatic N) is 5. The molecule has 0 spiro atoms. The van der Waals surface area contributed by atoms with Gasteiger partial charge < -0.3 is 0 Å². The fourth-order valence-electron chi connectivity index (χ4n) is 3.87. The van der Waals surface area contributed by atoms with Crippen LogP contribution in [-0.4, -0.2) is 24.9 Å². The summed E-state index contributed by atoms with van der Waals surface area (Å²) in [6.45, 7) is 0. The largest absolute Gasteiger partial charge is 0.258 e. The van der Waals surface area contributed by atoms with Crippen molar-refractivity contribution in [1.29, 1.82) is 0 Å². The predicted octanol–water partition coefficient (Wildman–Crippen LogP) is 5.57. The summed E-state index contributed by atoms with van der Waals surface area (Å²) < 4.78 is 0. The van der Waals surface area contributed by atoms with Crippen LogP contribution < -0.4 is 0 Å². The molecule has 5 aromatic rings. The van der Waals surface area contributed by atoms with Gasteiger partial charge in [0, 0.05) is 35.2 Å². The lowest BCUT2D eigenvalue weighted by molar-refractivity contribution is 0.833. The Balaban J connectivity index is 1.21. The Hall–Kier alpha value is -4.25. The van der Waals surface area contributed by atoms with Crippen LogP contribution in [0.3, 0.4) is 0 Å². The molecule has 0 aliphatic carbocycles. The lowest BCUT2D eigenvalue weighted by atomic mass is 10.1. The van der Waals surface area contributed by atoms with Gasteiger partial charge in [-0.05, 0) is 86.3 Å². The molecule has 0 unspecified atom stereocenters. The van der Waals surface area contributed by atoms with E-state index in [2.05, 4.69) is 40.3 Å². The summed E-state index contributed by atoms with van der Waals surface area (Å²) in [5, 5.41) is 0. The molecular weight excluding hydrogens is 418 g/mol. The van der Waals surface area contributed by atoms with Crippen molar-refractivity contribution < 1.29 is 0 Å². The zero-order chi connectivity index (χ0) is 23.0. The van der Waals surface area contributed by atoms with Crippen molar-refractivity contribution in [3.05, 3.63) is 126 Å². The molecule has 0 aromatic carbocycles. The van der Waals surface area contributed by atoms with Gasteiger partial charge in [-0.1, -0.05) is 30.3 Å². The summed E-state index contributed by atoms with van der Waals surface area (Å²) >= 11 is 0. The Morgan fingerprint density at radius 3 is 1.15 bits per heavy atom. The Kier molecular flexibility index (Phi) is 6.72. The topological polar surface area (TPSA) is 64.5 Å². The summed E-state index contributed by atoms with van der Waals surface area (Å²) in [5.74, 6) is 0. The number of rotatable bonds is 8. The van der Waals surface area contributed by atoms with Crippen LogP contribution in [0.2, 0.25) is 0 Å². The van der Waals surface area contributed by atoms with Gasteiger partial charge in [0.25, 0.3) is 0 Å². The van der Waals surface area contributed by atoms with Crippen LogP contribution >= 0.6 is 0 Å². The van der Waals surface area contributed by atoms with E-state index in [0.29, 0.717) is 0 Å². The predicted molar refractivity (Wildman–Crippen MR) is 134 cm³/mol. The molecule has 0 bridgehead atoms. The van der Waals surface area contributed by atoms with E-state index in [-0.39, 0.29) is 0 Å². The van der Waals surface area contributed by atoms with E-state index in [4.69, 9.17) is 15.0 Å².